The third-order valence-corrected chi connectivity index (χ3v) is 5.79. The summed E-state index contributed by atoms with van der Waals surface area (Å²) in [6.07, 6.45) is 7.49. The highest BCUT2D eigenvalue weighted by Crippen LogP contribution is 2.41. The molecule has 1 aromatic rings. The molecule has 0 saturated carbocycles. The van der Waals surface area contributed by atoms with Crippen LogP contribution in [0.25, 0.3) is 0 Å². The first-order chi connectivity index (χ1) is 10.8. The SMILES string of the molecule is C=C(C)[C@@H]1CCC(C)=C[C@H]1c1ccccc1CCCS(C)(=O)=O. The zero-order valence-corrected chi connectivity index (χ0v) is 15.3. The number of hydrogen-bond acceptors (Lipinski definition) is 2. The Hall–Kier alpha value is -1.35. The van der Waals surface area contributed by atoms with Gasteiger partial charge >= 0.3 is 0 Å². The van der Waals surface area contributed by atoms with E-state index < -0.39 is 9.84 Å². The lowest BCUT2D eigenvalue weighted by atomic mass is 9.73. The Balaban J connectivity index is 2.27. The number of rotatable bonds is 6. The van der Waals surface area contributed by atoms with Gasteiger partial charge in [0.15, 0.2) is 0 Å². The van der Waals surface area contributed by atoms with Crippen LogP contribution in [0.2, 0.25) is 0 Å². The van der Waals surface area contributed by atoms with Crippen LogP contribution in [-0.2, 0) is 16.3 Å². The Bertz CT molecular complexity index is 698. The van der Waals surface area contributed by atoms with Crippen molar-refractivity contribution < 1.29 is 8.42 Å². The van der Waals surface area contributed by atoms with Gasteiger partial charge in [0.2, 0.25) is 0 Å². The molecule has 2 atom stereocenters. The summed E-state index contributed by atoms with van der Waals surface area (Å²) in [4.78, 5) is 0. The minimum atomic E-state index is -2.89. The van der Waals surface area contributed by atoms with E-state index in [0.717, 1.165) is 19.3 Å². The molecule has 0 fully saturated rings. The topological polar surface area (TPSA) is 34.1 Å². The van der Waals surface area contributed by atoms with Gasteiger partial charge in [0.25, 0.3) is 0 Å². The van der Waals surface area contributed by atoms with Gasteiger partial charge < -0.3 is 0 Å². The van der Waals surface area contributed by atoms with Crippen LogP contribution >= 0.6 is 0 Å². The van der Waals surface area contributed by atoms with Crippen LogP contribution in [0.5, 0.6) is 0 Å². The van der Waals surface area contributed by atoms with E-state index in [9.17, 15) is 8.42 Å². The molecule has 0 unspecified atom stereocenters. The first-order valence-electron chi connectivity index (χ1n) is 8.36. The predicted octanol–water partition coefficient (Wildman–Crippen LogP) is 4.68. The molecule has 0 heterocycles. The summed E-state index contributed by atoms with van der Waals surface area (Å²) in [5.74, 6) is 1.11. The third kappa shape index (κ3) is 5.07. The molecule has 1 aliphatic rings. The summed E-state index contributed by atoms with van der Waals surface area (Å²) < 4.78 is 22.7. The molecular weight excluding hydrogens is 304 g/mol. The lowest BCUT2D eigenvalue weighted by Gasteiger charge is -2.32. The standard InChI is InChI=1S/C20H28O2S/c1-15(2)18-12-11-16(3)14-20(18)19-10-6-5-8-17(19)9-7-13-23(4,21)22/h5-6,8,10,14,18,20H,1,7,9,11-13H2,2-4H3/t18-,20+/m0/s1. The molecule has 23 heavy (non-hydrogen) atoms. The lowest BCUT2D eigenvalue weighted by molar-refractivity contribution is 0.481. The smallest absolute Gasteiger partial charge is 0.147 e. The summed E-state index contributed by atoms with van der Waals surface area (Å²) in [5.41, 5.74) is 5.30. The second-order valence-corrected chi connectivity index (χ2v) is 9.22. The summed E-state index contributed by atoms with van der Waals surface area (Å²) in [5, 5.41) is 0. The summed E-state index contributed by atoms with van der Waals surface area (Å²) in [7, 11) is -2.89. The van der Waals surface area contributed by atoms with Crippen molar-refractivity contribution in [3.8, 4) is 0 Å². The number of aryl methyl sites for hydroxylation is 1. The highest BCUT2D eigenvalue weighted by atomic mass is 32.2. The maximum absolute atomic E-state index is 11.4. The first-order valence-corrected chi connectivity index (χ1v) is 10.4. The van der Waals surface area contributed by atoms with Crippen LogP contribution in [0, 0.1) is 5.92 Å². The minimum Gasteiger partial charge on any atom is -0.229 e. The van der Waals surface area contributed by atoms with E-state index in [-0.39, 0.29) is 5.75 Å². The zero-order chi connectivity index (χ0) is 17.0. The Morgan fingerprint density at radius 3 is 2.65 bits per heavy atom. The van der Waals surface area contributed by atoms with E-state index in [1.165, 1.54) is 28.5 Å². The van der Waals surface area contributed by atoms with Crippen LogP contribution in [0.4, 0.5) is 0 Å². The Morgan fingerprint density at radius 1 is 1.30 bits per heavy atom. The van der Waals surface area contributed by atoms with Crippen molar-refractivity contribution in [2.24, 2.45) is 5.92 Å². The van der Waals surface area contributed by atoms with E-state index in [1.54, 1.807) is 0 Å². The number of hydrogen-bond donors (Lipinski definition) is 0. The molecule has 0 aliphatic heterocycles. The van der Waals surface area contributed by atoms with Crippen LogP contribution < -0.4 is 0 Å². The summed E-state index contributed by atoms with van der Waals surface area (Å²) >= 11 is 0. The number of benzene rings is 1. The van der Waals surface area contributed by atoms with Crippen LogP contribution in [0.3, 0.4) is 0 Å². The van der Waals surface area contributed by atoms with E-state index in [0.29, 0.717) is 18.3 Å². The number of sulfone groups is 1. The molecule has 0 spiro atoms. The fourth-order valence-corrected chi connectivity index (χ4v) is 4.21. The molecule has 3 heteroatoms. The molecule has 2 rings (SSSR count). The van der Waals surface area contributed by atoms with E-state index in [2.05, 4.69) is 50.8 Å². The summed E-state index contributed by atoms with van der Waals surface area (Å²) in [6.45, 7) is 8.52. The average Bonchev–Trinajstić information content (AvgIpc) is 2.46. The van der Waals surface area contributed by atoms with Gasteiger partial charge in [0.1, 0.15) is 9.84 Å². The van der Waals surface area contributed by atoms with Crippen molar-refractivity contribution in [3.63, 3.8) is 0 Å². The van der Waals surface area contributed by atoms with Crippen molar-refractivity contribution in [2.75, 3.05) is 12.0 Å². The molecular formula is C20H28O2S. The van der Waals surface area contributed by atoms with Gasteiger partial charge in [-0.1, -0.05) is 48.1 Å². The van der Waals surface area contributed by atoms with Crippen molar-refractivity contribution in [3.05, 3.63) is 59.2 Å². The van der Waals surface area contributed by atoms with Gasteiger partial charge in [-0.25, -0.2) is 8.42 Å². The molecule has 0 N–H and O–H groups in total. The van der Waals surface area contributed by atoms with E-state index >= 15 is 0 Å². The molecule has 1 aromatic carbocycles. The zero-order valence-electron chi connectivity index (χ0n) is 14.5. The molecule has 2 nitrogen and oxygen atoms in total. The number of allylic oxidation sites excluding steroid dienone is 3. The highest BCUT2D eigenvalue weighted by molar-refractivity contribution is 7.90. The highest BCUT2D eigenvalue weighted by Gasteiger charge is 2.27. The monoisotopic (exact) mass is 332 g/mol. The van der Waals surface area contributed by atoms with Crippen molar-refractivity contribution in [1.82, 2.24) is 0 Å². The lowest BCUT2D eigenvalue weighted by Crippen LogP contribution is -2.18. The Kier molecular flexibility index (Phi) is 5.85. The van der Waals surface area contributed by atoms with E-state index in [4.69, 9.17) is 0 Å². The second kappa shape index (κ2) is 7.48. The molecule has 0 radical (unpaired) electrons. The molecule has 1 aliphatic carbocycles. The molecule has 0 saturated heterocycles. The van der Waals surface area contributed by atoms with Crippen molar-refractivity contribution >= 4 is 9.84 Å². The Labute approximate surface area is 141 Å². The van der Waals surface area contributed by atoms with E-state index in [1.807, 2.05) is 0 Å². The van der Waals surface area contributed by atoms with Gasteiger partial charge in [-0.2, -0.15) is 0 Å². The fourth-order valence-electron chi connectivity index (χ4n) is 3.54. The molecule has 0 amide bonds. The third-order valence-electron chi connectivity index (χ3n) is 4.76. The van der Waals surface area contributed by atoms with Crippen molar-refractivity contribution in [1.29, 1.82) is 0 Å². The maximum atomic E-state index is 11.4. The average molecular weight is 333 g/mol. The predicted molar refractivity (Wildman–Crippen MR) is 98.5 cm³/mol. The van der Waals surface area contributed by atoms with Gasteiger partial charge in [-0.3, -0.25) is 0 Å². The fraction of sp³-hybridized carbons (Fsp3) is 0.500. The molecule has 0 aromatic heterocycles. The Morgan fingerprint density at radius 2 is 2.00 bits per heavy atom. The van der Waals surface area contributed by atoms with Crippen LogP contribution in [0.1, 0.15) is 50.2 Å². The molecule has 0 bridgehead atoms. The van der Waals surface area contributed by atoms with Gasteiger partial charge in [-0.15, -0.1) is 0 Å². The van der Waals surface area contributed by atoms with Crippen molar-refractivity contribution in [2.45, 2.75) is 45.4 Å². The first kappa shape index (κ1) is 18.0. The quantitative estimate of drug-likeness (QED) is 0.709. The maximum Gasteiger partial charge on any atom is 0.147 e. The van der Waals surface area contributed by atoms with Crippen LogP contribution in [0.15, 0.2) is 48.1 Å². The largest absolute Gasteiger partial charge is 0.229 e. The normalized spacial score (nSPS) is 21.8. The van der Waals surface area contributed by atoms with Gasteiger partial charge in [0.05, 0.1) is 5.75 Å². The minimum absolute atomic E-state index is 0.255. The van der Waals surface area contributed by atoms with Crippen LogP contribution in [-0.4, -0.2) is 20.4 Å². The second-order valence-electron chi connectivity index (χ2n) is 6.96. The van der Waals surface area contributed by atoms with Gasteiger partial charge in [0, 0.05) is 12.2 Å². The summed E-state index contributed by atoms with van der Waals surface area (Å²) in [6, 6.07) is 8.48. The molecule has 126 valence electrons. The van der Waals surface area contributed by atoms with Gasteiger partial charge in [-0.05, 0) is 56.6 Å².